The fraction of sp³-hybridized carbons (Fsp3) is 0.571. The molecule has 3 heteroatoms. The molecule has 0 spiro atoms. The Kier molecular flexibility index (Phi) is 4.56. The molecule has 1 nitrogen and oxygen atoms in total. The molecule has 0 N–H and O–H groups in total. The van der Waals surface area contributed by atoms with E-state index in [4.69, 9.17) is 0 Å². The van der Waals surface area contributed by atoms with Crippen LogP contribution in [0.3, 0.4) is 0 Å². The predicted octanol–water partition coefficient (Wildman–Crippen LogP) is 4.17. The van der Waals surface area contributed by atoms with Gasteiger partial charge in [0.25, 0.3) is 0 Å². The van der Waals surface area contributed by atoms with Gasteiger partial charge in [-0.05, 0) is 24.6 Å². The molecule has 0 atom stereocenters. The Labute approximate surface area is 117 Å². The zero-order chi connectivity index (χ0) is 12.3. The van der Waals surface area contributed by atoms with Crippen LogP contribution in [0, 0.1) is 0 Å². The van der Waals surface area contributed by atoms with E-state index in [1.807, 2.05) is 0 Å². The topological polar surface area (TPSA) is 3.24 Å². The standard InChI is InChI=1S/C14H20BrNS/c1-14(2)7-8-16(9-10-17-14)11-12-5-3-4-6-13(12)15/h3-6H,7-11H2,1-2H3. The molecule has 1 aromatic carbocycles. The van der Waals surface area contributed by atoms with Gasteiger partial charge in [0.1, 0.15) is 0 Å². The molecule has 0 aliphatic carbocycles. The van der Waals surface area contributed by atoms with Crippen molar-refractivity contribution in [1.29, 1.82) is 0 Å². The van der Waals surface area contributed by atoms with Gasteiger partial charge in [0.2, 0.25) is 0 Å². The number of nitrogens with zero attached hydrogens (tertiary/aromatic N) is 1. The molecule has 0 bridgehead atoms. The zero-order valence-corrected chi connectivity index (χ0v) is 13.0. The Morgan fingerprint density at radius 1 is 1.29 bits per heavy atom. The van der Waals surface area contributed by atoms with Gasteiger partial charge in [0.15, 0.2) is 0 Å². The molecule has 17 heavy (non-hydrogen) atoms. The first-order chi connectivity index (χ1) is 8.07. The van der Waals surface area contributed by atoms with Crippen LogP contribution in [-0.2, 0) is 6.54 Å². The number of hydrogen-bond donors (Lipinski definition) is 0. The predicted molar refractivity (Wildman–Crippen MR) is 80.6 cm³/mol. The van der Waals surface area contributed by atoms with Crippen molar-refractivity contribution in [2.75, 3.05) is 18.8 Å². The molecule has 1 aliphatic rings. The average molecular weight is 314 g/mol. The molecule has 1 heterocycles. The molecule has 1 aliphatic heterocycles. The molecule has 0 saturated carbocycles. The van der Waals surface area contributed by atoms with Crippen molar-refractivity contribution in [2.24, 2.45) is 0 Å². The summed E-state index contributed by atoms with van der Waals surface area (Å²) in [6.45, 7) is 8.20. The fourth-order valence-corrected chi connectivity index (χ4v) is 3.64. The lowest BCUT2D eigenvalue weighted by molar-refractivity contribution is 0.276. The van der Waals surface area contributed by atoms with E-state index in [0.717, 1.165) is 6.54 Å². The van der Waals surface area contributed by atoms with Gasteiger partial charge in [-0.15, -0.1) is 0 Å². The first-order valence-corrected chi connectivity index (χ1v) is 7.94. The highest BCUT2D eigenvalue weighted by Gasteiger charge is 2.23. The quantitative estimate of drug-likeness (QED) is 0.806. The Hall–Kier alpha value is 0.01000. The Balaban J connectivity index is 1.98. The van der Waals surface area contributed by atoms with Crippen LogP contribution in [0.5, 0.6) is 0 Å². The summed E-state index contributed by atoms with van der Waals surface area (Å²) in [5, 5.41) is 0. The minimum atomic E-state index is 0.447. The maximum atomic E-state index is 3.63. The SMILES string of the molecule is CC1(C)CCN(Cc2ccccc2Br)CCS1. The van der Waals surface area contributed by atoms with E-state index in [1.165, 1.54) is 35.3 Å². The largest absolute Gasteiger partial charge is 0.298 e. The van der Waals surface area contributed by atoms with E-state index in [-0.39, 0.29) is 0 Å². The fourth-order valence-electron chi connectivity index (χ4n) is 2.09. The third-order valence-corrected chi connectivity index (χ3v) is 5.43. The first kappa shape index (κ1) is 13.4. The minimum absolute atomic E-state index is 0.447. The van der Waals surface area contributed by atoms with Crippen molar-refractivity contribution < 1.29 is 0 Å². The van der Waals surface area contributed by atoms with Crippen LogP contribution in [-0.4, -0.2) is 28.5 Å². The summed E-state index contributed by atoms with van der Waals surface area (Å²) >= 11 is 5.74. The number of thioether (sulfide) groups is 1. The number of hydrogen-bond acceptors (Lipinski definition) is 2. The van der Waals surface area contributed by atoms with Crippen molar-refractivity contribution in [2.45, 2.75) is 31.6 Å². The lowest BCUT2D eigenvalue weighted by Crippen LogP contribution is -2.26. The molecule has 0 radical (unpaired) electrons. The van der Waals surface area contributed by atoms with E-state index in [9.17, 15) is 0 Å². The second-order valence-electron chi connectivity index (χ2n) is 5.23. The van der Waals surface area contributed by atoms with Gasteiger partial charge in [-0.25, -0.2) is 0 Å². The van der Waals surface area contributed by atoms with Gasteiger partial charge in [-0.1, -0.05) is 48.0 Å². The van der Waals surface area contributed by atoms with Crippen LogP contribution in [0.25, 0.3) is 0 Å². The van der Waals surface area contributed by atoms with Crippen LogP contribution >= 0.6 is 27.7 Å². The average Bonchev–Trinajstić information content (AvgIpc) is 2.44. The molecule has 1 fully saturated rings. The molecule has 0 aromatic heterocycles. The lowest BCUT2D eigenvalue weighted by Gasteiger charge is -2.22. The van der Waals surface area contributed by atoms with E-state index in [1.54, 1.807) is 0 Å². The first-order valence-electron chi connectivity index (χ1n) is 6.16. The second kappa shape index (κ2) is 5.77. The lowest BCUT2D eigenvalue weighted by atomic mass is 10.1. The van der Waals surface area contributed by atoms with E-state index in [2.05, 4.69) is 70.7 Å². The van der Waals surface area contributed by atoms with Gasteiger partial charge in [0.05, 0.1) is 0 Å². The van der Waals surface area contributed by atoms with E-state index in [0.29, 0.717) is 4.75 Å². The van der Waals surface area contributed by atoms with Crippen LogP contribution in [0.1, 0.15) is 25.8 Å². The van der Waals surface area contributed by atoms with Gasteiger partial charge >= 0.3 is 0 Å². The molecule has 0 unspecified atom stereocenters. The smallest absolute Gasteiger partial charge is 0.0245 e. The third kappa shape index (κ3) is 4.01. The Morgan fingerprint density at radius 3 is 2.82 bits per heavy atom. The van der Waals surface area contributed by atoms with Crippen molar-refractivity contribution in [1.82, 2.24) is 4.90 Å². The van der Waals surface area contributed by atoms with Gasteiger partial charge in [0, 0.05) is 28.1 Å². The minimum Gasteiger partial charge on any atom is -0.298 e. The molecule has 2 rings (SSSR count). The highest BCUT2D eigenvalue weighted by molar-refractivity contribution is 9.10. The molecular formula is C14H20BrNS. The normalized spacial score (nSPS) is 21.1. The summed E-state index contributed by atoms with van der Waals surface area (Å²) < 4.78 is 1.68. The maximum absolute atomic E-state index is 3.63. The summed E-state index contributed by atoms with van der Waals surface area (Å²) in [4.78, 5) is 2.57. The van der Waals surface area contributed by atoms with Crippen molar-refractivity contribution in [3.8, 4) is 0 Å². The van der Waals surface area contributed by atoms with Crippen molar-refractivity contribution in [3.63, 3.8) is 0 Å². The monoisotopic (exact) mass is 313 g/mol. The van der Waals surface area contributed by atoms with E-state index >= 15 is 0 Å². The molecule has 94 valence electrons. The van der Waals surface area contributed by atoms with E-state index < -0.39 is 0 Å². The summed E-state index contributed by atoms with van der Waals surface area (Å²) in [7, 11) is 0. The van der Waals surface area contributed by atoms with Crippen LogP contribution < -0.4 is 0 Å². The van der Waals surface area contributed by atoms with Crippen molar-refractivity contribution in [3.05, 3.63) is 34.3 Å². The summed E-state index contributed by atoms with van der Waals surface area (Å²) in [6, 6.07) is 8.55. The molecule has 0 amide bonds. The van der Waals surface area contributed by atoms with Crippen molar-refractivity contribution >= 4 is 27.7 Å². The third-order valence-electron chi connectivity index (χ3n) is 3.28. The number of benzene rings is 1. The highest BCUT2D eigenvalue weighted by Crippen LogP contribution is 2.31. The molecular weight excluding hydrogens is 294 g/mol. The number of rotatable bonds is 2. The summed E-state index contributed by atoms with van der Waals surface area (Å²) in [5.41, 5.74) is 1.40. The molecule has 1 aromatic rings. The van der Waals surface area contributed by atoms with Crippen LogP contribution in [0.4, 0.5) is 0 Å². The zero-order valence-electron chi connectivity index (χ0n) is 10.6. The maximum Gasteiger partial charge on any atom is 0.0245 e. The van der Waals surface area contributed by atoms with Gasteiger partial charge in [-0.3, -0.25) is 4.90 Å². The second-order valence-corrected chi connectivity index (χ2v) is 7.88. The van der Waals surface area contributed by atoms with Gasteiger partial charge < -0.3 is 0 Å². The summed E-state index contributed by atoms with van der Waals surface area (Å²) in [6.07, 6.45) is 1.28. The highest BCUT2D eigenvalue weighted by atomic mass is 79.9. The van der Waals surface area contributed by atoms with Gasteiger partial charge in [-0.2, -0.15) is 11.8 Å². The summed E-state index contributed by atoms with van der Waals surface area (Å²) in [5.74, 6) is 1.25. The van der Waals surface area contributed by atoms with Crippen LogP contribution in [0.2, 0.25) is 0 Å². The number of halogens is 1. The Bertz CT molecular complexity index is 378. The van der Waals surface area contributed by atoms with Crippen LogP contribution in [0.15, 0.2) is 28.7 Å². The molecule has 1 saturated heterocycles. The Morgan fingerprint density at radius 2 is 2.06 bits per heavy atom.